The molecule has 182 valence electrons. The van der Waals surface area contributed by atoms with Gasteiger partial charge >= 0.3 is 15.6 Å². The van der Waals surface area contributed by atoms with Crippen LogP contribution in [0.1, 0.15) is 0 Å². The minimum absolute atomic E-state index is 0.0483. The van der Waals surface area contributed by atoms with Gasteiger partial charge in [-0.05, 0) is 36.4 Å². The molecular formula is C19H17F3N4O6S2. The van der Waals surface area contributed by atoms with Gasteiger partial charge < -0.3 is 14.2 Å². The Labute approximate surface area is 192 Å². The SMILES string of the molecule is O=S(=O)(c1ccc(Nc2ncc3ccc(OS(=O)(=O)C(F)(F)F)cc3n2)cc1)N1CCOCC1. The smallest absolute Gasteiger partial charge is 0.379 e. The molecule has 1 aliphatic rings. The molecule has 4 rings (SSSR count). The van der Waals surface area contributed by atoms with Crippen LogP contribution < -0.4 is 9.50 Å². The summed E-state index contributed by atoms with van der Waals surface area (Å²) in [5, 5.41) is 3.28. The second-order valence-corrected chi connectivity index (χ2v) is 10.5. The zero-order valence-corrected chi connectivity index (χ0v) is 18.8. The third-order valence-electron chi connectivity index (χ3n) is 4.76. The topological polar surface area (TPSA) is 128 Å². The molecule has 0 saturated carbocycles. The van der Waals surface area contributed by atoms with Gasteiger partial charge in [-0.25, -0.2) is 18.4 Å². The molecule has 1 saturated heterocycles. The molecule has 1 fully saturated rings. The van der Waals surface area contributed by atoms with Gasteiger partial charge in [-0.2, -0.15) is 25.9 Å². The van der Waals surface area contributed by atoms with E-state index in [0.29, 0.717) is 24.3 Å². The fraction of sp³-hybridized carbons (Fsp3) is 0.263. The van der Waals surface area contributed by atoms with Crippen LogP contribution in [0.2, 0.25) is 0 Å². The van der Waals surface area contributed by atoms with Crippen LogP contribution in [0.3, 0.4) is 0 Å². The van der Waals surface area contributed by atoms with Crippen LogP contribution in [-0.4, -0.2) is 62.9 Å². The third-order valence-corrected chi connectivity index (χ3v) is 7.65. The molecule has 0 bridgehead atoms. The number of alkyl halides is 3. The van der Waals surface area contributed by atoms with Crippen molar-refractivity contribution in [1.29, 1.82) is 0 Å². The Bertz CT molecular complexity index is 1410. The molecule has 2 heterocycles. The van der Waals surface area contributed by atoms with Crippen molar-refractivity contribution in [2.75, 3.05) is 31.6 Å². The van der Waals surface area contributed by atoms with E-state index in [9.17, 15) is 30.0 Å². The summed E-state index contributed by atoms with van der Waals surface area (Å²) >= 11 is 0. The van der Waals surface area contributed by atoms with Crippen molar-refractivity contribution in [3.63, 3.8) is 0 Å². The molecule has 1 N–H and O–H groups in total. The molecular weight excluding hydrogens is 501 g/mol. The lowest BCUT2D eigenvalue weighted by Crippen LogP contribution is -2.40. The first kappa shape index (κ1) is 24.1. The number of fused-ring (bicyclic) bond motifs is 1. The number of sulfonamides is 1. The zero-order valence-electron chi connectivity index (χ0n) is 17.2. The predicted molar refractivity (Wildman–Crippen MR) is 114 cm³/mol. The molecule has 15 heteroatoms. The Kier molecular flexibility index (Phi) is 6.37. The Morgan fingerprint density at radius 3 is 2.32 bits per heavy atom. The zero-order chi connectivity index (χ0) is 24.6. The first-order valence-corrected chi connectivity index (χ1v) is 12.5. The maximum Gasteiger partial charge on any atom is 0.534 e. The third kappa shape index (κ3) is 5.06. The average Bonchev–Trinajstić information content (AvgIpc) is 2.79. The molecule has 0 radical (unpaired) electrons. The van der Waals surface area contributed by atoms with Crippen LogP contribution >= 0.6 is 0 Å². The molecule has 1 aromatic heterocycles. The van der Waals surface area contributed by atoms with Crippen LogP contribution in [0, 0.1) is 0 Å². The summed E-state index contributed by atoms with van der Waals surface area (Å²) in [6, 6.07) is 9.25. The number of hydrogen-bond donors (Lipinski definition) is 1. The molecule has 2 aromatic carbocycles. The second-order valence-electron chi connectivity index (χ2n) is 7.06. The molecule has 0 amide bonds. The first-order valence-electron chi connectivity index (χ1n) is 9.68. The number of morpholine rings is 1. The summed E-state index contributed by atoms with van der Waals surface area (Å²) in [5.74, 6) is -0.515. The largest absolute Gasteiger partial charge is 0.534 e. The quantitative estimate of drug-likeness (QED) is 0.387. The highest BCUT2D eigenvalue weighted by molar-refractivity contribution is 7.89. The second kappa shape index (κ2) is 8.98. The monoisotopic (exact) mass is 518 g/mol. The number of nitrogens with zero attached hydrogens (tertiary/aromatic N) is 3. The van der Waals surface area contributed by atoms with E-state index in [2.05, 4.69) is 19.5 Å². The van der Waals surface area contributed by atoms with Crippen LogP contribution in [0.4, 0.5) is 24.8 Å². The van der Waals surface area contributed by atoms with E-state index < -0.39 is 31.4 Å². The van der Waals surface area contributed by atoms with Gasteiger partial charge in [0.15, 0.2) is 0 Å². The number of rotatable bonds is 6. The van der Waals surface area contributed by atoms with Crippen LogP contribution in [0.25, 0.3) is 10.9 Å². The molecule has 3 aromatic rings. The molecule has 0 aliphatic carbocycles. The Morgan fingerprint density at radius 2 is 1.68 bits per heavy atom. The fourth-order valence-corrected chi connectivity index (χ4v) is 4.92. The highest BCUT2D eigenvalue weighted by Gasteiger charge is 2.48. The maximum atomic E-state index is 12.7. The van der Waals surface area contributed by atoms with Gasteiger partial charge in [0.05, 0.1) is 23.6 Å². The summed E-state index contributed by atoms with van der Waals surface area (Å²) in [6.07, 6.45) is 1.38. The lowest BCUT2D eigenvalue weighted by atomic mass is 10.2. The van der Waals surface area contributed by atoms with Gasteiger partial charge in [0, 0.05) is 36.4 Å². The standard InChI is InChI=1S/C19H17F3N4O6S2/c20-19(21,22)34(29,30)32-15-4-1-13-12-23-18(25-17(13)11-15)24-14-2-5-16(6-3-14)33(27,28)26-7-9-31-10-8-26/h1-6,11-12H,7-10H2,(H,23,24,25). The number of ether oxygens (including phenoxy) is 1. The summed E-state index contributed by atoms with van der Waals surface area (Å²) in [7, 11) is -9.48. The van der Waals surface area contributed by atoms with E-state index in [-0.39, 0.29) is 29.5 Å². The van der Waals surface area contributed by atoms with Crippen molar-refractivity contribution in [3.05, 3.63) is 48.7 Å². The van der Waals surface area contributed by atoms with Gasteiger partial charge in [0.2, 0.25) is 16.0 Å². The predicted octanol–water partition coefficient (Wildman–Crippen LogP) is 2.62. The Morgan fingerprint density at radius 1 is 1.00 bits per heavy atom. The van der Waals surface area contributed by atoms with E-state index in [1.54, 1.807) is 0 Å². The van der Waals surface area contributed by atoms with Crippen molar-refractivity contribution in [2.24, 2.45) is 0 Å². The highest BCUT2D eigenvalue weighted by Crippen LogP contribution is 2.29. The molecule has 0 atom stereocenters. The molecule has 1 aliphatic heterocycles. The average molecular weight is 518 g/mol. The lowest BCUT2D eigenvalue weighted by molar-refractivity contribution is -0.0500. The van der Waals surface area contributed by atoms with E-state index in [1.807, 2.05) is 0 Å². The van der Waals surface area contributed by atoms with E-state index >= 15 is 0 Å². The number of hydrogen-bond acceptors (Lipinski definition) is 9. The van der Waals surface area contributed by atoms with Gasteiger partial charge in [-0.1, -0.05) is 0 Å². The number of aromatic nitrogens is 2. The van der Waals surface area contributed by atoms with Gasteiger partial charge in [0.25, 0.3) is 0 Å². The number of halogens is 3. The number of anilines is 2. The summed E-state index contributed by atoms with van der Waals surface area (Å²) in [5.41, 5.74) is -4.99. The van der Waals surface area contributed by atoms with E-state index in [4.69, 9.17) is 4.74 Å². The minimum atomic E-state index is -5.82. The van der Waals surface area contributed by atoms with E-state index in [0.717, 1.165) is 12.1 Å². The minimum Gasteiger partial charge on any atom is -0.379 e. The normalized spacial score (nSPS) is 15.9. The molecule has 0 unspecified atom stereocenters. The van der Waals surface area contributed by atoms with Crippen molar-refractivity contribution >= 4 is 42.7 Å². The highest BCUT2D eigenvalue weighted by atomic mass is 32.2. The van der Waals surface area contributed by atoms with Crippen molar-refractivity contribution in [2.45, 2.75) is 10.4 Å². The summed E-state index contributed by atoms with van der Waals surface area (Å²) < 4.78 is 96.1. The van der Waals surface area contributed by atoms with Crippen LogP contribution in [-0.2, 0) is 24.9 Å². The van der Waals surface area contributed by atoms with Crippen molar-refractivity contribution in [3.8, 4) is 5.75 Å². The summed E-state index contributed by atoms with van der Waals surface area (Å²) in [6.45, 7) is 1.19. The van der Waals surface area contributed by atoms with Crippen molar-refractivity contribution < 1.29 is 38.9 Å². The lowest BCUT2D eigenvalue weighted by Gasteiger charge is -2.26. The van der Waals surface area contributed by atoms with Crippen LogP contribution in [0.5, 0.6) is 5.75 Å². The summed E-state index contributed by atoms with van der Waals surface area (Å²) in [4.78, 5) is 8.34. The van der Waals surface area contributed by atoms with Gasteiger partial charge in [-0.15, -0.1) is 0 Å². The number of benzene rings is 2. The molecule has 10 nitrogen and oxygen atoms in total. The van der Waals surface area contributed by atoms with E-state index in [1.165, 1.54) is 40.8 Å². The Balaban J connectivity index is 1.53. The Hall–Kier alpha value is -3.01. The van der Waals surface area contributed by atoms with Gasteiger partial charge in [-0.3, -0.25) is 0 Å². The van der Waals surface area contributed by atoms with Crippen LogP contribution in [0.15, 0.2) is 53.6 Å². The first-order chi connectivity index (χ1) is 16.0. The number of nitrogens with one attached hydrogen (secondary N) is 1. The molecule has 0 spiro atoms. The fourth-order valence-electron chi connectivity index (χ4n) is 3.06. The maximum absolute atomic E-state index is 12.7. The van der Waals surface area contributed by atoms with Gasteiger partial charge in [0.1, 0.15) is 5.75 Å². The van der Waals surface area contributed by atoms with Crippen molar-refractivity contribution in [1.82, 2.24) is 14.3 Å². The molecule has 34 heavy (non-hydrogen) atoms.